The highest BCUT2D eigenvalue weighted by molar-refractivity contribution is 6.04. The molecule has 0 saturated heterocycles. The zero-order chi connectivity index (χ0) is 10.8. The van der Waals surface area contributed by atoms with Crippen LogP contribution in [0.4, 0.5) is 5.69 Å². The van der Waals surface area contributed by atoms with Crippen LogP contribution in [-0.4, -0.2) is 18.9 Å². The lowest BCUT2D eigenvalue weighted by Crippen LogP contribution is -2.19. The van der Waals surface area contributed by atoms with Gasteiger partial charge in [-0.2, -0.15) is 0 Å². The standard InChI is InChI=1S/C13H15NO/c1-3-13(15)11-5-6-12-10(9-11)7-8-14(12)4-2/h3,5-6,9H,1,4,7-8H2,2H3. The molecule has 0 unspecified atom stereocenters. The fourth-order valence-corrected chi connectivity index (χ4v) is 2.07. The molecule has 0 spiro atoms. The lowest BCUT2D eigenvalue weighted by atomic mass is 10.1. The first kappa shape index (κ1) is 9.97. The fourth-order valence-electron chi connectivity index (χ4n) is 2.07. The SMILES string of the molecule is C=CC(=O)c1ccc2c(c1)CCN2CC. The van der Waals surface area contributed by atoms with Crippen LogP contribution in [0.2, 0.25) is 0 Å². The van der Waals surface area contributed by atoms with Gasteiger partial charge in [0, 0.05) is 24.3 Å². The summed E-state index contributed by atoms with van der Waals surface area (Å²) in [6, 6.07) is 5.92. The van der Waals surface area contributed by atoms with Gasteiger partial charge in [0.2, 0.25) is 0 Å². The van der Waals surface area contributed by atoms with Gasteiger partial charge in [-0.3, -0.25) is 4.79 Å². The van der Waals surface area contributed by atoms with Crippen molar-refractivity contribution in [3.8, 4) is 0 Å². The largest absolute Gasteiger partial charge is 0.371 e. The van der Waals surface area contributed by atoms with Crippen LogP contribution in [0.15, 0.2) is 30.9 Å². The predicted octanol–water partition coefficient (Wildman–Crippen LogP) is 2.44. The molecule has 15 heavy (non-hydrogen) atoms. The Morgan fingerprint density at radius 3 is 3.07 bits per heavy atom. The molecule has 0 radical (unpaired) electrons. The molecule has 1 aliphatic heterocycles. The van der Waals surface area contributed by atoms with E-state index in [1.807, 2.05) is 18.2 Å². The maximum absolute atomic E-state index is 11.4. The number of benzene rings is 1. The average molecular weight is 201 g/mol. The second kappa shape index (κ2) is 3.89. The fraction of sp³-hybridized carbons (Fsp3) is 0.308. The van der Waals surface area contributed by atoms with Crippen molar-refractivity contribution in [1.29, 1.82) is 0 Å². The molecule has 0 N–H and O–H groups in total. The summed E-state index contributed by atoms with van der Waals surface area (Å²) < 4.78 is 0. The molecule has 1 aromatic rings. The summed E-state index contributed by atoms with van der Waals surface area (Å²) in [5.74, 6) is 0.00717. The van der Waals surface area contributed by atoms with Gasteiger partial charge in [0.25, 0.3) is 0 Å². The zero-order valence-electron chi connectivity index (χ0n) is 8.99. The molecule has 0 fully saturated rings. The monoisotopic (exact) mass is 201 g/mol. The number of anilines is 1. The third-order valence-corrected chi connectivity index (χ3v) is 2.92. The molecule has 1 aromatic carbocycles. The number of carbonyl (C=O) groups is 1. The van der Waals surface area contributed by atoms with E-state index in [-0.39, 0.29) is 5.78 Å². The number of likely N-dealkylation sites (N-methyl/N-ethyl adjacent to an activating group) is 1. The molecule has 1 heterocycles. The number of rotatable bonds is 3. The summed E-state index contributed by atoms with van der Waals surface area (Å²) in [6.45, 7) is 7.75. The Balaban J connectivity index is 2.37. The van der Waals surface area contributed by atoms with E-state index in [9.17, 15) is 4.79 Å². The maximum Gasteiger partial charge on any atom is 0.185 e. The van der Waals surface area contributed by atoms with E-state index in [1.165, 1.54) is 17.3 Å². The van der Waals surface area contributed by atoms with Crippen molar-refractivity contribution in [3.05, 3.63) is 42.0 Å². The normalized spacial score (nSPS) is 13.8. The van der Waals surface area contributed by atoms with E-state index in [0.29, 0.717) is 0 Å². The number of nitrogens with zero attached hydrogens (tertiary/aromatic N) is 1. The van der Waals surface area contributed by atoms with Crippen LogP contribution >= 0.6 is 0 Å². The molecule has 0 aliphatic carbocycles. The maximum atomic E-state index is 11.4. The van der Waals surface area contributed by atoms with Gasteiger partial charge >= 0.3 is 0 Å². The lowest BCUT2D eigenvalue weighted by Gasteiger charge is -2.16. The number of fused-ring (bicyclic) bond motifs is 1. The molecule has 1 aliphatic rings. The third kappa shape index (κ3) is 1.67. The van der Waals surface area contributed by atoms with E-state index in [1.54, 1.807) is 0 Å². The van der Waals surface area contributed by atoms with Crippen molar-refractivity contribution >= 4 is 11.5 Å². The Bertz CT molecular complexity index is 409. The minimum absolute atomic E-state index is 0.00717. The Labute approximate surface area is 90.2 Å². The van der Waals surface area contributed by atoms with E-state index in [0.717, 1.165) is 25.1 Å². The van der Waals surface area contributed by atoms with Gasteiger partial charge in [-0.15, -0.1) is 0 Å². The second-order valence-electron chi connectivity index (χ2n) is 3.74. The van der Waals surface area contributed by atoms with Gasteiger partial charge in [-0.1, -0.05) is 6.58 Å². The van der Waals surface area contributed by atoms with Crippen LogP contribution in [0.5, 0.6) is 0 Å². The second-order valence-corrected chi connectivity index (χ2v) is 3.74. The first-order valence-corrected chi connectivity index (χ1v) is 5.31. The van der Waals surface area contributed by atoms with Crippen molar-refractivity contribution in [2.24, 2.45) is 0 Å². The summed E-state index contributed by atoms with van der Waals surface area (Å²) >= 11 is 0. The molecule has 0 saturated carbocycles. The topological polar surface area (TPSA) is 20.3 Å². The van der Waals surface area contributed by atoms with E-state index in [2.05, 4.69) is 18.4 Å². The first-order valence-electron chi connectivity index (χ1n) is 5.31. The van der Waals surface area contributed by atoms with Gasteiger partial charge in [-0.05, 0) is 43.2 Å². The zero-order valence-corrected chi connectivity index (χ0v) is 8.99. The Hall–Kier alpha value is -1.57. The molecule has 2 heteroatoms. The van der Waals surface area contributed by atoms with Gasteiger partial charge in [0.15, 0.2) is 5.78 Å². The van der Waals surface area contributed by atoms with Crippen LogP contribution in [0.3, 0.4) is 0 Å². The van der Waals surface area contributed by atoms with Crippen molar-refractivity contribution in [2.45, 2.75) is 13.3 Å². The van der Waals surface area contributed by atoms with Crippen LogP contribution in [0, 0.1) is 0 Å². The molecule has 0 aromatic heterocycles. The molecule has 2 rings (SSSR count). The molecule has 0 atom stereocenters. The summed E-state index contributed by atoms with van der Waals surface area (Å²) in [5.41, 5.74) is 3.31. The summed E-state index contributed by atoms with van der Waals surface area (Å²) in [4.78, 5) is 13.8. The van der Waals surface area contributed by atoms with Crippen LogP contribution in [0.25, 0.3) is 0 Å². The van der Waals surface area contributed by atoms with E-state index < -0.39 is 0 Å². The van der Waals surface area contributed by atoms with Crippen molar-refractivity contribution in [2.75, 3.05) is 18.0 Å². The highest BCUT2D eigenvalue weighted by atomic mass is 16.1. The third-order valence-electron chi connectivity index (χ3n) is 2.92. The molecular formula is C13H15NO. The minimum Gasteiger partial charge on any atom is -0.371 e. The number of allylic oxidation sites excluding steroid dienone is 1. The highest BCUT2D eigenvalue weighted by Crippen LogP contribution is 2.28. The van der Waals surface area contributed by atoms with Gasteiger partial charge in [-0.25, -0.2) is 0 Å². The van der Waals surface area contributed by atoms with Crippen LogP contribution < -0.4 is 4.90 Å². The molecule has 78 valence electrons. The summed E-state index contributed by atoms with van der Waals surface area (Å²) in [5, 5.41) is 0. The van der Waals surface area contributed by atoms with E-state index in [4.69, 9.17) is 0 Å². The highest BCUT2D eigenvalue weighted by Gasteiger charge is 2.18. The van der Waals surface area contributed by atoms with Crippen molar-refractivity contribution in [1.82, 2.24) is 0 Å². The van der Waals surface area contributed by atoms with Crippen LogP contribution in [0.1, 0.15) is 22.8 Å². The Morgan fingerprint density at radius 1 is 1.60 bits per heavy atom. The number of ketones is 1. The molecule has 0 bridgehead atoms. The predicted molar refractivity (Wildman–Crippen MR) is 62.6 cm³/mol. The molecular weight excluding hydrogens is 186 g/mol. The molecule has 0 amide bonds. The number of hydrogen-bond acceptors (Lipinski definition) is 2. The summed E-state index contributed by atoms with van der Waals surface area (Å²) in [6.07, 6.45) is 2.41. The van der Waals surface area contributed by atoms with E-state index >= 15 is 0 Å². The van der Waals surface area contributed by atoms with Gasteiger partial charge < -0.3 is 4.90 Å². The Morgan fingerprint density at radius 2 is 2.40 bits per heavy atom. The first-order chi connectivity index (χ1) is 7.26. The summed E-state index contributed by atoms with van der Waals surface area (Å²) in [7, 11) is 0. The van der Waals surface area contributed by atoms with Crippen molar-refractivity contribution in [3.63, 3.8) is 0 Å². The Kier molecular flexibility index (Phi) is 2.58. The van der Waals surface area contributed by atoms with Gasteiger partial charge in [0.1, 0.15) is 0 Å². The van der Waals surface area contributed by atoms with Crippen LogP contribution in [-0.2, 0) is 6.42 Å². The van der Waals surface area contributed by atoms with Gasteiger partial charge in [0.05, 0.1) is 0 Å². The number of carbonyl (C=O) groups excluding carboxylic acids is 1. The van der Waals surface area contributed by atoms with Crippen molar-refractivity contribution < 1.29 is 4.79 Å². The lowest BCUT2D eigenvalue weighted by molar-refractivity contribution is 0.104. The minimum atomic E-state index is 0.00717. The smallest absolute Gasteiger partial charge is 0.185 e. The quantitative estimate of drug-likeness (QED) is 0.553. The number of hydrogen-bond donors (Lipinski definition) is 0. The molecule has 2 nitrogen and oxygen atoms in total. The average Bonchev–Trinajstić information content (AvgIpc) is 2.69.